The highest BCUT2D eigenvalue weighted by Gasteiger charge is 2.31. The van der Waals surface area contributed by atoms with Crippen molar-refractivity contribution in [2.75, 3.05) is 16.8 Å². The van der Waals surface area contributed by atoms with E-state index in [9.17, 15) is 9.59 Å². The molecule has 1 atom stereocenters. The van der Waals surface area contributed by atoms with Gasteiger partial charge in [-0.2, -0.15) is 0 Å². The van der Waals surface area contributed by atoms with E-state index < -0.39 is 6.10 Å². The Morgan fingerprint density at radius 3 is 2.51 bits per heavy atom. The summed E-state index contributed by atoms with van der Waals surface area (Å²) in [5.74, 6) is 0.772. The van der Waals surface area contributed by atoms with Crippen LogP contribution in [0.15, 0.2) is 60.7 Å². The summed E-state index contributed by atoms with van der Waals surface area (Å²) in [6, 6.07) is 17.6. The van der Waals surface area contributed by atoms with E-state index in [-0.39, 0.29) is 18.2 Å². The molecule has 3 aromatic carbocycles. The highest BCUT2D eigenvalue weighted by molar-refractivity contribution is 6.35. The SMILES string of the molecule is CC1Oc2ccc(NC(=O)CCCOc3ccc(Cl)cc3Cl)cc2N(Cc2ccc(Cl)cc2)C1=O. The Bertz CT molecular complexity index is 1230. The number of hydrogen-bond acceptors (Lipinski definition) is 4. The second kappa shape index (κ2) is 11.2. The second-order valence-electron chi connectivity index (χ2n) is 8.07. The minimum Gasteiger partial charge on any atom is -0.492 e. The molecule has 1 heterocycles. The summed E-state index contributed by atoms with van der Waals surface area (Å²) in [7, 11) is 0. The third kappa shape index (κ3) is 6.40. The van der Waals surface area contributed by atoms with Crippen LogP contribution in [-0.2, 0) is 16.1 Å². The standard InChI is InChI=1S/C26H23Cl3N2O4/c1-16-26(33)31(15-17-4-6-18(27)7-5-17)22-14-20(9-11-24(22)35-16)30-25(32)3-2-12-34-23-10-8-19(28)13-21(23)29/h4-11,13-14,16H,2-3,12,15H2,1H3,(H,30,32). The minimum absolute atomic E-state index is 0.158. The molecule has 0 radical (unpaired) electrons. The van der Waals surface area contributed by atoms with Crippen molar-refractivity contribution in [3.63, 3.8) is 0 Å². The summed E-state index contributed by atoms with van der Waals surface area (Å²) in [5.41, 5.74) is 2.10. The highest BCUT2D eigenvalue weighted by atomic mass is 35.5. The zero-order chi connectivity index (χ0) is 24.9. The third-order valence-electron chi connectivity index (χ3n) is 5.40. The number of fused-ring (bicyclic) bond motifs is 1. The molecule has 0 fully saturated rings. The molecule has 35 heavy (non-hydrogen) atoms. The zero-order valence-electron chi connectivity index (χ0n) is 18.9. The van der Waals surface area contributed by atoms with E-state index in [0.717, 1.165) is 5.56 Å². The van der Waals surface area contributed by atoms with Gasteiger partial charge in [0, 0.05) is 22.2 Å². The predicted molar refractivity (Wildman–Crippen MR) is 139 cm³/mol. The van der Waals surface area contributed by atoms with Crippen molar-refractivity contribution in [2.45, 2.75) is 32.4 Å². The Hall–Kier alpha value is -2.93. The van der Waals surface area contributed by atoms with Crippen LogP contribution < -0.4 is 19.7 Å². The molecule has 0 aromatic heterocycles. The lowest BCUT2D eigenvalue weighted by Crippen LogP contribution is -2.44. The van der Waals surface area contributed by atoms with Crippen LogP contribution in [-0.4, -0.2) is 24.5 Å². The van der Waals surface area contributed by atoms with Gasteiger partial charge in [0.1, 0.15) is 11.5 Å². The lowest BCUT2D eigenvalue weighted by atomic mass is 10.1. The zero-order valence-corrected chi connectivity index (χ0v) is 21.2. The van der Waals surface area contributed by atoms with Gasteiger partial charge in [0.2, 0.25) is 5.91 Å². The fourth-order valence-corrected chi connectivity index (χ4v) is 4.24. The van der Waals surface area contributed by atoms with Gasteiger partial charge in [-0.05, 0) is 67.4 Å². The first-order valence-electron chi connectivity index (χ1n) is 11.0. The van der Waals surface area contributed by atoms with Crippen LogP contribution in [0.2, 0.25) is 15.1 Å². The first-order valence-corrected chi connectivity index (χ1v) is 12.2. The normalized spacial score (nSPS) is 14.8. The van der Waals surface area contributed by atoms with Crippen LogP contribution in [0.3, 0.4) is 0 Å². The average Bonchev–Trinajstić information content (AvgIpc) is 2.82. The van der Waals surface area contributed by atoms with Crippen molar-refractivity contribution in [1.82, 2.24) is 0 Å². The lowest BCUT2D eigenvalue weighted by molar-refractivity contribution is -0.125. The topological polar surface area (TPSA) is 67.9 Å². The lowest BCUT2D eigenvalue weighted by Gasteiger charge is -2.33. The Kier molecular flexibility index (Phi) is 8.06. The number of carbonyl (C=O) groups excluding carboxylic acids is 2. The Morgan fingerprint density at radius 2 is 1.77 bits per heavy atom. The van der Waals surface area contributed by atoms with Gasteiger partial charge >= 0.3 is 0 Å². The number of benzene rings is 3. The van der Waals surface area contributed by atoms with E-state index >= 15 is 0 Å². The second-order valence-corrected chi connectivity index (χ2v) is 9.35. The minimum atomic E-state index is -0.607. The van der Waals surface area contributed by atoms with Crippen LogP contribution in [0, 0.1) is 0 Å². The molecule has 6 nitrogen and oxygen atoms in total. The number of halogens is 3. The van der Waals surface area contributed by atoms with E-state index in [1.54, 1.807) is 60.4 Å². The fraction of sp³-hybridized carbons (Fsp3) is 0.231. The van der Waals surface area contributed by atoms with Crippen LogP contribution >= 0.6 is 34.8 Å². The first-order chi connectivity index (χ1) is 16.8. The summed E-state index contributed by atoms with van der Waals surface area (Å²) in [6.45, 7) is 2.40. The van der Waals surface area contributed by atoms with Crippen molar-refractivity contribution in [3.8, 4) is 11.5 Å². The molecule has 3 aromatic rings. The van der Waals surface area contributed by atoms with E-state index in [4.69, 9.17) is 44.3 Å². The Morgan fingerprint density at radius 1 is 1.03 bits per heavy atom. The molecule has 0 spiro atoms. The van der Waals surface area contributed by atoms with Gasteiger partial charge < -0.3 is 19.7 Å². The maximum atomic E-state index is 12.9. The molecule has 1 N–H and O–H groups in total. The van der Waals surface area contributed by atoms with Gasteiger partial charge in [-0.15, -0.1) is 0 Å². The molecule has 0 saturated heterocycles. The number of rotatable bonds is 8. The van der Waals surface area contributed by atoms with E-state index in [1.807, 2.05) is 12.1 Å². The number of anilines is 2. The maximum absolute atomic E-state index is 12.9. The molecule has 9 heteroatoms. The molecular formula is C26H23Cl3N2O4. The van der Waals surface area contributed by atoms with Gasteiger partial charge in [0.05, 0.1) is 23.9 Å². The molecule has 0 saturated carbocycles. The van der Waals surface area contributed by atoms with Crippen LogP contribution in [0.5, 0.6) is 11.5 Å². The van der Waals surface area contributed by atoms with E-state index in [1.165, 1.54) is 0 Å². The molecule has 4 rings (SSSR count). The number of nitrogens with zero attached hydrogens (tertiary/aromatic N) is 1. The summed E-state index contributed by atoms with van der Waals surface area (Å²) in [4.78, 5) is 27.0. The summed E-state index contributed by atoms with van der Waals surface area (Å²) in [5, 5.41) is 4.46. The van der Waals surface area contributed by atoms with Crippen molar-refractivity contribution in [2.24, 2.45) is 0 Å². The summed E-state index contributed by atoms with van der Waals surface area (Å²) < 4.78 is 11.4. The smallest absolute Gasteiger partial charge is 0.268 e. The molecule has 1 aliphatic rings. The molecule has 182 valence electrons. The van der Waals surface area contributed by atoms with Crippen LogP contribution in [0.25, 0.3) is 0 Å². The fourth-order valence-electron chi connectivity index (χ4n) is 3.65. The van der Waals surface area contributed by atoms with Crippen LogP contribution in [0.1, 0.15) is 25.3 Å². The summed E-state index contributed by atoms with van der Waals surface area (Å²) in [6.07, 6.45) is 0.144. The van der Waals surface area contributed by atoms with Crippen molar-refractivity contribution >= 4 is 58.0 Å². The average molecular weight is 534 g/mol. The summed E-state index contributed by atoms with van der Waals surface area (Å²) >= 11 is 18.0. The highest BCUT2D eigenvalue weighted by Crippen LogP contribution is 2.37. The van der Waals surface area contributed by atoms with Gasteiger partial charge in [-0.3, -0.25) is 9.59 Å². The molecule has 1 unspecified atom stereocenters. The monoisotopic (exact) mass is 532 g/mol. The van der Waals surface area contributed by atoms with Crippen molar-refractivity contribution in [3.05, 3.63) is 81.3 Å². The predicted octanol–water partition coefficient (Wildman–Crippen LogP) is 6.76. The Labute approximate surface area is 218 Å². The maximum Gasteiger partial charge on any atom is 0.268 e. The molecule has 2 amide bonds. The molecular weight excluding hydrogens is 511 g/mol. The van der Waals surface area contributed by atoms with Gasteiger partial charge in [0.25, 0.3) is 5.91 Å². The van der Waals surface area contributed by atoms with Gasteiger partial charge in [0.15, 0.2) is 6.10 Å². The largest absolute Gasteiger partial charge is 0.492 e. The third-order valence-corrected chi connectivity index (χ3v) is 6.19. The van der Waals surface area contributed by atoms with Crippen LogP contribution in [0.4, 0.5) is 11.4 Å². The van der Waals surface area contributed by atoms with E-state index in [0.29, 0.717) is 57.5 Å². The number of nitrogens with one attached hydrogen (secondary N) is 1. The number of amides is 2. The first kappa shape index (κ1) is 25.2. The van der Waals surface area contributed by atoms with E-state index in [2.05, 4.69) is 5.32 Å². The number of ether oxygens (including phenoxy) is 2. The Balaban J connectivity index is 1.38. The molecule has 0 bridgehead atoms. The van der Waals surface area contributed by atoms with Gasteiger partial charge in [-0.1, -0.05) is 46.9 Å². The van der Waals surface area contributed by atoms with Crippen molar-refractivity contribution < 1.29 is 19.1 Å². The quantitative estimate of drug-likeness (QED) is 0.325. The molecule has 1 aliphatic heterocycles. The number of hydrogen-bond donors (Lipinski definition) is 1. The number of carbonyl (C=O) groups is 2. The van der Waals surface area contributed by atoms with Crippen molar-refractivity contribution in [1.29, 1.82) is 0 Å². The molecule has 0 aliphatic carbocycles. The van der Waals surface area contributed by atoms with Gasteiger partial charge in [-0.25, -0.2) is 0 Å².